The van der Waals surface area contributed by atoms with E-state index in [1.165, 1.54) is 14.1 Å². The van der Waals surface area contributed by atoms with Gasteiger partial charge in [-0.25, -0.2) is 4.79 Å². The summed E-state index contributed by atoms with van der Waals surface area (Å²) in [6.45, 7) is 0. The molecule has 3 rings (SSSR count). The molecule has 0 aliphatic rings. The first-order chi connectivity index (χ1) is 12.4. The molecule has 130 valence electrons. The summed E-state index contributed by atoms with van der Waals surface area (Å²) in [5, 5.41) is 9.27. The monoisotopic (exact) mass is 411 g/mol. The largest absolute Gasteiger partial charge is 0.439 e. The van der Waals surface area contributed by atoms with Crippen LogP contribution in [0.25, 0.3) is 11.1 Å². The van der Waals surface area contributed by atoms with E-state index in [9.17, 15) is 14.9 Å². The molecule has 0 unspecified atom stereocenters. The molecule has 3 aromatic rings. The third-order valence-corrected chi connectivity index (χ3v) is 4.50. The van der Waals surface area contributed by atoms with Crippen LogP contribution >= 0.6 is 15.9 Å². The number of benzene rings is 2. The molecule has 2 aromatic carbocycles. The van der Waals surface area contributed by atoms with Crippen molar-refractivity contribution < 1.29 is 4.74 Å². The molecular weight excluding hydrogens is 398 g/mol. The van der Waals surface area contributed by atoms with E-state index in [-0.39, 0.29) is 11.4 Å². The number of aromatic nitrogens is 2. The molecule has 0 N–H and O–H groups in total. The summed E-state index contributed by atoms with van der Waals surface area (Å²) >= 11 is 3.40. The lowest BCUT2D eigenvalue weighted by atomic mass is 10.1. The van der Waals surface area contributed by atoms with Crippen LogP contribution in [-0.4, -0.2) is 9.13 Å². The maximum absolute atomic E-state index is 12.1. The Hall–Kier alpha value is -3.11. The van der Waals surface area contributed by atoms with Gasteiger partial charge in [-0.15, -0.1) is 0 Å². The van der Waals surface area contributed by atoms with Gasteiger partial charge in [-0.1, -0.05) is 40.2 Å². The van der Waals surface area contributed by atoms with Gasteiger partial charge in [0.1, 0.15) is 11.8 Å². The lowest BCUT2D eigenvalue weighted by Gasteiger charge is -2.13. The topological polar surface area (TPSA) is 77.0 Å². The van der Waals surface area contributed by atoms with Crippen LogP contribution in [-0.2, 0) is 14.1 Å². The summed E-state index contributed by atoms with van der Waals surface area (Å²) < 4.78 is 8.69. The van der Waals surface area contributed by atoms with Gasteiger partial charge in [0.15, 0.2) is 5.56 Å². The van der Waals surface area contributed by atoms with Crippen LogP contribution in [0.2, 0.25) is 0 Å². The number of nitriles is 1. The Labute approximate surface area is 157 Å². The zero-order chi connectivity index (χ0) is 18.8. The van der Waals surface area contributed by atoms with Crippen molar-refractivity contribution in [2.45, 2.75) is 0 Å². The second kappa shape index (κ2) is 7.02. The van der Waals surface area contributed by atoms with Crippen LogP contribution in [0, 0.1) is 11.3 Å². The van der Waals surface area contributed by atoms with Crippen LogP contribution in [0.15, 0.2) is 62.6 Å². The minimum atomic E-state index is -0.683. The summed E-state index contributed by atoms with van der Waals surface area (Å²) in [5.41, 5.74) is 0.570. The molecule has 0 aliphatic heterocycles. The first-order valence-electron chi connectivity index (χ1n) is 7.66. The van der Waals surface area contributed by atoms with Crippen molar-refractivity contribution in [2.24, 2.45) is 14.1 Å². The van der Waals surface area contributed by atoms with E-state index in [2.05, 4.69) is 15.9 Å². The van der Waals surface area contributed by atoms with Gasteiger partial charge in [0.2, 0.25) is 5.88 Å². The Morgan fingerprint density at radius 2 is 1.46 bits per heavy atom. The quantitative estimate of drug-likeness (QED) is 0.662. The van der Waals surface area contributed by atoms with Crippen molar-refractivity contribution >= 4 is 15.9 Å². The molecule has 0 spiro atoms. The van der Waals surface area contributed by atoms with Crippen LogP contribution < -0.4 is 16.0 Å². The highest BCUT2D eigenvalue weighted by Crippen LogP contribution is 2.27. The Kier molecular flexibility index (Phi) is 4.78. The highest BCUT2D eigenvalue weighted by Gasteiger charge is 2.17. The van der Waals surface area contributed by atoms with Gasteiger partial charge >= 0.3 is 5.69 Å². The average Bonchev–Trinajstić information content (AvgIpc) is 2.66. The Morgan fingerprint density at radius 1 is 0.923 bits per heavy atom. The fraction of sp³-hybridized carbons (Fsp3) is 0.105. The number of hydrogen-bond donors (Lipinski definition) is 0. The molecule has 0 amide bonds. The summed E-state index contributed by atoms with van der Waals surface area (Å²) in [7, 11) is 2.77. The Morgan fingerprint density at radius 3 is 2.00 bits per heavy atom. The second-order valence-electron chi connectivity index (χ2n) is 5.63. The molecule has 0 saturated heterocycles. The number of rotatable bonds is 3. The zero-order valence-corrected chi connectivity index (χ0v) is 15.6. The summed E-state index contributed by atoms with van der Waals surface area (Å²) in [6.07, 6.45) is 0. The van der Waals surface area contributed by atoms with Crippen LogP contribution in [0.5, 0.6) is 11.6 Å². The smallest absolute Gasteiger partial charge is 0.333 e. The van der Waals surface area contributed by atoms with E-state index in [0.717, 1.165) is 24.7 Å². The number of ether oxygens (including phenoxy) is 1. The molecule has 7 heteroatoms. The van der Waals surface area contributed by atoms with Gasteiger partial charge < -0.3 is 4.74 Å². The summed E-state index contributed by atoms with van der Waals surface area (Å²) in [6, 6.07) is 16.9. The molecule has 0 radical (unpaired) electrons. The van der Waals surface area contributed by atoms with E-state index >= 15 is 0 Å². The molecule has 0 atom stereocenters. The SMILES string of the molecule is Cn1c(Oc2ccc(-c3ccc(Br)cc3)cc2)c(C#N)c(=O)n(C)c1=O. The fourth-order valence-electron chi connectivity index (χ4n) is 2.51. The molecule has 6 nitrogen and oxygen atoms in total. The first-order valence-corrected chi connectivity index (χ1v) is 8.45. The third-order valence-electron chi connectivity index (χ3n) is 3.97. The van der Waals surface area contributed by atoms with E-state index < -0.39 is 11.2 Å². The van der Waals surface area contributed by atoms with Gasteiger partial charge in [0.25, 0.3) is 5.56 Å². The standard InChI is InChI=1S/C19H14BrN3O3/c1-22-17(24)16(11-21)18(23(2)19(22)25)26-15-9-5-13(6-10-15)12-3-7-14(20)8-4-12/h3-10H,1-2H3. The average molecular weight is 412 g/mol. The lowest BCUT2D eigenvalue weighted by Crippen LogP contribution is -2.38. The Bertz CT molecular complexity index is 1120. The molecule has 0 fully saturated rings. The minimum absolute atomic E-state index is 0.0722. The highest BCUT2D eigenvalue weighted by molar-refractivity contribution is 9.10. The normalized spacial score (nSPS) is 10.4. The Balaban J connectivity index is 1.98. The summed E-state index contributed by atoms with van der Waals surface area (Å²) in [5.74, 6) is 0.350. The number of nitrogens with zero attached hydrogens (tertiary/aromatic N) is 3. The van der Waals surface area contributed by atoms with Crippen LogP contribution in [0.4, 0.5) is 0 Å². The number of halogens is 1. The van der Waals surface area contributed by atoms with Crippen molar-refractivity contribution in [1.82, 2.24) is 9.13 Å². The van der Waals surface area contributed by atoms with Gasteiger partial charge in [-0.3, -0.25) is 13.9 Å². The van der Waals surface area contributed by atoms with Gasteiger partial charge in [-0.05, 0) is 35.4 Å². The summed E-state index contributed by atoms with van der Waals surface area (Å²) in [4.78, 5) is 24.2. The third kappa shape index (κ3) is 3.19. The van der Waals surface area contributed by atoms with Crippen LogP contribution in [0.1, 0.15) is 5.56 Å². The molecule has 0 saturated carbocycles. The van der Waals surface area contributed by atoms with Crippen molar-refractivity contribution in [2.75, 3.05) is 0 Å². The first kappa shape index (κ1) is 17.7. The van der Waals surface area contributed by atoms with E-state index in [4.69, 9.17) is 4.74 Å². The van der Waals surface area contributed by atoms with Gasteiger partial charge in [0, 0.05) is 18.6 Å². The molecule has 0 bridgehead atoms. The van der Waals surface area contributed by atoms with Crippen molar-refractivity contribution in [3.05, 3.63) is 79.4 Å². The van der Waals surface area contributed by atoms with E-state index in [1.807, 2.05) is 42.5 Å². The number of hydrogen-bond acceptors (Lipinski definition) is 4. The second-order valence-corrected chi connectivity index (χ2v) is 6.55. The van der Waals surface area contributed by atoms with E-state index in [0.29, 0.717) is 5.75 Å². The molecule has 1 heterocycles. The predicted octanol–water partition coefficient (Wildman–Crippen LogP) is 3.18. The van der Waals surface area contributed by atoms with Crippen molar-refractivity contribution in [3.8, 4) is 28.8 Å². The molecule has 0 aliphatic carbocycles. The maximum atomic E-state index is 12.1. The fourth-order valence-corrected chi connectivity index (χ4v) is 2.77. The van der Waals surface area contributed by atoms with Gasteiger partial charge in [-0.2, -0.15) is 5.26 Å². The lowest BCUT2D eigenvalue weighted by molar-refractivity contribution is 0.421. The molecular formula is C19H14BrN3O3. The van der Waals surface area contributed by atoms with E-state index in [1.54, 1.807) is 12.1 Å². The van der Waals surface area contributed by atoms with Crippen LogP contribution in [0.3, 0.4) is 0 Å². The zero-order valence-electron chi connectivity index (χ0n) is 14.1. The molecule has 26 heavy (non-hydrogen) atoms. The minimum Gasteiger partial charge on any atom is -0.439 e. The predicted molar refractivity (Wildman–Crippen MR) is 101 cm³/mol. The molecule has 1 aromatic heterocycles. The van der Waals surface area contributed by atoms with Gasteiger partial charge in [0.05, 0.1) is 0 Å². The van der Waals surface area contributed by atoms with Crippen molar-refractivity contribution in [1.29, 1.82) is 5.26 Å². The maximum Gasteiger partial charge on any atom is 0.333 e. The highest BCUT2D eigenvalue weighted by atomic mass is 79.9. The van der Waals surface area contributed by atoms with Crippen molar-refractivity contribution in [3.63, 3.8) is 0 Å².